The highest BCUT2D eigenvalue weighted by atomic mass is 16.9. The molecule has 1 aromatic carbocycles. The quantitative estimate of drug-likeness (QED) is 0.436. The lowest BCUT2D eigenvalue weighted by Gasteiger charge is -2.01. The summed E-state index contributed by atoms with van der Waals surface area (Å²) in [5.41, 5.74) is 1.24. The highest BCUT2D eigenvalue weighted by molar-refractivity contribution is 5.13. The van der Waals surface area contributed by atoms with Crippen molar-refractivity contribution in [2.75, 3.05) is 6.61 Å². The molecular formula is C11H16N4O10. The molecule has 0 heterocycles. The topological polar surface area (TPSA) is 202 Å². The van der Waals surface area contributed by atoms with Crippen LogP contribution in [0, 0.1) is 40.5 Å². The normalized spacial score (nSPS) is 9.52. The summed E-state index contributed by atoms with van der Waals surface area (Å²) in [5, 5.41) is 43.1. The van der Waals surface area contributed by atoms with Gasteiger partial charge in [0.1, 0.15) is 0 Å². The highest BCUT2D eigenvalue weighted by Gasteiger charge is 2.64. The number of nitro groups is 3. The molecule has 0 radical (unpaired) electrons. The molecule has 25 heavy (non-hydrogen) atoms. The van der Waals surface area contributed by atoms with Crippen LogP contribution in [0.2, 0.25) is 0 Å². The summed E-state index contributed by atoms with van der Waals surface area (Å²) < 4.78 is 5.22. The van der Waals surface area contributed by atoms with E-state index >= 15 is 0 Å². The minimum absolute atomic E-state index is 0.312. The first-order valence-electron chi connectivity index (χ1n) is 6.38. The molecule has 0 saturated heterocycles. The lowest BCUT2D eigenvalue weighted by atomic mass is 10.2. The zero-order chi connectivity index (χ0) is 20.0. The number of hydrogen-bond acceptors (Lipinski definition) is 9. The van der Waals surface area contributed by atoms with Gasteiger partial charge < -0.3 is 9.94 Å². The van der Waals surface area contributed by atoms with Crippen LogP contribution in [0.4, 0.5) is 0 Å². The number of rotatable bonds is 6. The van der Waals surface area contributed by atoms with Crippen molar-refractivity contribution in [1.82, 2.24) is 0 Å². The standard InChI is InChI=1S/C9H12O.C2H3N3O6.HNO3/c1-2-10-8-9-6-4-3-5-7-9;1-2(3(6)7,4(8)9)5(10)11;2-1(3)4/h3-7H,2,8H2,1H3;1H3;(H,2,3,4). The second-order valence-electron chi connectivity index (χ2n) is 4.10. The van der Waals surface area contributed by atoms with Crippen molar-refractivity contribution in [2.24, 2.45) is 0 Å². The first-order chi connectivity index (χ1) is 11.5. The predicted molar refractivity (Wildman–Crippen MR) is 79.9 cm³/mol. The molecule has 1 aromatic rings. The maximum absolute atomic E-state index is 9.83. The van der Waals surface area contributed by atoms with Gasteiger partial charge in [0.05, 0.1) is 6.61 Å². The first kappa shape index (κ1) is 23.8. The summed E-state index contributed by atoms with van der Waals surface area (Å²) >= 11 is 0. The highest BCUT2D eigenvalue weighted by Crippen LogP contribution is 2.09. The van der Waals surface area contributed by atoms with Crippen molar-refractivity contribution in [1.29, 1.82) is 0 Å². The Morgan fingerprint density at radius 3 is 1.56 bits per heavy atom. The fourth-order valence-corrected chi connectivity index (χ4v) is 0.994. The lowest BCUT2D eigenvalue weighted by Crippen LogP contribution is -2.50. The summed E-state index contributed by atoms with van der Waals surface area (Å²) in [6.45, 7) is 3.84. The van der Waals surface area contributed by atoms with E-state index in [1.165, 1.54) is 5.56 Å². The van der Waals surface area contributed by atoms with Crippen LogP contribution in [0.25, 0.3) is 0 Å². The van der Waals surface area contributed by atoms with E-state index in [4.69, 9.17) is 20.1 Å². The van der Waals surface area contributed by atoms with Crippen molar-refractivity contribution >= 4 is 0 Å². The van der Waals surface area contributed by atoms with E-state index in [1.807, 2.05) is 25.1 Å². The van der Waals surface area contributed by atoms with E-state index in [9.17, 15) is 30.3 Å². The van der Waals surface area contributed by atoms with Crippen LogP contribution >= 0.6 is 0 Å². The molecule has 140 valence electrons. The van der Waals surface area contributed by atoms with Gasteiger partial charge >= 0.3 is 5.79 Å². The monoisotopic (exact) mass is 364 g/mol. The average Bonchev–Trinajstić information content (AvgIpc) is 2.52. The minimum atomic E-state index is -3.33. The fourth-order valence-electron chi connectivity index (χ4n) is 0.994. The molecule has 0 bridgehead atoms. The maximum atomic E-state index is 9.83. The molecule has 0 atom stereocenters. The summed E-state index contributed by atoms with van der Waals surface area (Å²) in [6.07, 6.45) is 0. The number of hydrogen-bond donors (Lipinski definition) is 1. The molecule has 0 unspecified atom stereocenters. The van der Waals surface area contributed by atoms with E-state index in [2.05, 4.69) is 12.1 Å². The molecule has 0 aliphatic carbocycles. The molecule has 0 aliphatic rings. The number of nitrogens with zero attached hydrogens (tertiary/aromatic N) is 4. The molecule has 0 saturated carbocycles. The van der Waals surface area contributed by atoms with Crippen molar-refractivity contribution in [3.8, 4) is 0 Å². The van der Waals surface area contributed by atoms with E-state index < -0.39 is 25.6 Å². The molecule has 14 nitrogen and oxygen atoms in total. The Bertz CT molecular complexity index is 539. The smallest absolute Gasteiger partial charge is 0.377 e. The molecule has 1 N–H and O–H groups in total. The zero-order valence-electron chi connectivity index (χ0n) is 13.2. The molecule has 0 amide bonds. The summed E-state index contributed by atoms with van der Waals surface area (Å²) in [7, 11) is 0. The van der Waals surface area contributed by atoms with Gasteiger partial charge in [-0.25, -0.2) is 0 Å². The molecule has 1 rings (SSSR count). The third-order valence-electron chi connectivity index (χ3n) is 2.35. The van der Waals surface area contributed by atoms with Crippen LogP contribution in [-0.2, 0) is 11.3 Å². The van der Waals surface area contributed by atoms with Gasteiger partial charge in [-0.3, -0.25) is 30.3 Å². The second-order valence-corrected chi connectivity index (χ2v) is 4.10. The molecule has 0 aromatic heterocycles. The maximum Gasteiger partial charge on any atom is 0.696 e. The van der Waals surface area contributed by atoms with Gasteiger partial charge in [-0.1, -0.05) is 30.3 Å². The third kappa shape index (κ3) is 10.1. The Labute approximate surface area is 140 Å². The van der Waals surface area contributed by atoms with Gasteiger partial charge in [-0.2, -0.15) is 0 Å². The van der Waals surface area contributed by atoms with Gasteiger partial charge in [0.25, 0.3) is 5.09 Å². The Hall–Kier alpha value is -3.42. The number of ether oxygens (including phenoxy) is 1. The average molecular weight is 364 g/mol. The first-order valence-corrected chi connectivity index (χ1v) is 6.38. The van der Waals surface area contributed by atoms with E-state index in [1.54, 1.807) is 0 Å². The van der Waals surface area contributed by atoms with Crippen LogP contribution in [0.15, 0.2) is 30.3 Å². The lowest BCUT2D eigenvalue weighted by molar-refractivity contribution is -0.965. The van der Waals surface area contributed by atoms with Gasteiger partial charge in [-0.05, 0) is 12.5 Å². The third-order valence-corrected chi connectivity index (χ3v) is 2.35. The minimum Gasteiger partial charge on any atom is -0.377 e. The van der Waals surface area contributed by atoms with Crippen molar-refractivity contribution in [2.45, 2.75) is 26.2 Å². The van der Waals surface area contributed by atoms with Gasteiger partial charge in [0.15, 0.2) is 21.7 Å². The van der Waals surface area contributed by atoms with Crippen LogP contribution in [0.1, 0.15) is 19.4 Å². The summed E-state index contributed by atoms with van der Waals surface area (Å²) in [6, 6.07) is 10.2. The van der Waals surface area contributed by atoms with Crippen molar-refractivity contribution in [3.63, 3.8) is 0 Å². The molecule has 14 heteroatoms. The SMILES string of the molecule is CC([N+](=O)[O-])([N+](=O)[O-])[N+](=O)[O-].CCOCc1ccccc1.O=[N+]([O-])O. The largest absolute Gasteiger partial charge is 0.696 e. The molecule has 0 aliphatic heterocycles. The van der Waals surface area contributed by atoms with Gasteiger partial charge in [-0.15, -0.1) is 10.1 Å². The van der Waals surface area contributed by atoms with E-state index in [0.717, 1.165) is 13.2 Å². The van der Waals surface area contributed by atoms with Gasteiger partial charge in [0, 0.05) is 6.61 Å². The summed E-state index contributed by atoms with van der Waals surface area (Å²) in [5.74, 6) is -3.33. The predicted octanol–water partition coefficient (Wildman–Crippen LogP) is 1.37. The van der Waals surface area contributed by atoms with E-state index in [-0.39, 0.29) is 0 Å². The molecule has 0 spiro atoms. The van der Waals surface area contributed by atoms with Crippen LogP contribution in [0.5, 0.6) is 0 Å². The summed E-state index contributed by atoms with van der Waals surface area (Å²) in [4.78, 5) is 33.2. The van der Waals surface area contributed by atoms with Crippen molar-refractivity contribution in [3.05, 3.63) is 76.4 Å². The second kappa shape index (κ2) is 12.1. The van der Waals surface area contributed by atoms with E-state index in [0.29, 0.717) is 6.92 Å². The Morgan fingerprint density at radius 1 is 0.960 bits per heavy atom. The number of benzene rings is 1. The van der Waals surface area contributed by atoms with Crippen LogP contribution in [0.3, 0.4) is 0 Å². The van der Waals surface area contributed by atoms with Gasteiger partial charge in [0.2, 0.25) is 0 Å². The Kier molecular flexibility index (Phi) is 11.5. The zero-order valence-corrected chi connectivity index (χ0v) is 13.2. The molecule has 0 fully saturated rings. The Balaban J connectivity index is 0. The molecular weight excluding hydrogens is 348 g/mol. The Morgan fingerprint density at radius 2 is 1.32 bits per heavy atom. The fraction of sp³-hybridized carbons (Fsp3) is 0.455. The van der Waals surface area contributed by atoms with Crippen LogP contribution < -0.4 is 0 Å². The van der Waals surface area contributed by atoms with Crippen LogP contribution in [-0.4, -0.2) is 37.5 Å². The van der Waals surface area contributed by atoms with Crippen molar-refractivity contribution < 1.29 is 29.8 Å².